The molecule has 2 atom stereocenters. The molecule has 4 N–H and O–H groups in total. The molecule has 1 amide bonds. The number of carbonyl (C=O) groups excluding carboxylic acids is 1. The number of hydrogen-bond donors (Lipinski definition) is 3. The molecule has 130 valence electrons. The molecule has 0 aromatic carbocycles. The van der Waals surface area contributed by atoms with Crippen LogP contribution < -0.4 is 16.4 Å². The molecule has 8 heteroatoms. The molecule has 0 radical (unpaired) electrons. The number of hydrogen-bond acceptors (Lipinski definition) is 4. The van der Waals surface area contributed by atoms with E-state index in [0.29, 0.717) is 24.3 Å². The van der Waals surface area contributed by atoms with Crippen molar-refractivity contribution in [3.8, 4) is 0 Å². The standard InChI is InChI=1S/C15H24N4O3.HI/c1-15(2)11(7-12(15)21-4)19-14(17-3)18-8-9-5-6-10(22-9)13(16)20;/h5-6,11-12H,7-8H2,1-4H3,(H2,16,20)(H2,17,18,19);1H. The molecule has 23 heavy (non-hydrogen) atoms. The highest BCUT2D eigenvalue weighted by atomic mass is 127. The van der Waals surface area contributed by atoms with Crippen molar-refractivity contribution in [2.24, 2.45) is 16.1 Å². The Morgan fingerprint density at radius 1 is 1.52 bits per heavy atom. The number of nitrogens with two attached hydrogens (primary N) is 1. The summed E-state index contributed by atoms with van der Waals surface area (Å²) < 4.78 is 10.8. The maximum Gasteiger partial charge on any atom is 0.284 e. The van der Waals surface area contributed by atoms with Crippen LogP contribution in [0, 0.1) is 5.41 Å². The Balaban J connectivity index is 0.00000264. The van der Waals surface area contributed by atoms with Gasteiger partial charge in [0.25, 0.3) is 5.91 Å². The second-order valence-corrected chi connectivity index (χ2v) is 6.03. The summed E-state index contributed by atoms with van der Waals surface area (Å²) in [6, 6.07) is 3.57. The zero-order chi connectivity index (χ0) is 16.3. The van der Waals surface area contributed by atoms with Gasteiger partial charge in [-0.1, -0.05) is 13.8 Å². The van der Waals surface area contributed by atoms with Crippen molar-refractivity contribution in [1.82, 2.24) is 10.6 Å². The molecule has 1 aliphatic carbocycles. The maximum atomic E-state index is 11.0. The molecule has 1 aliphatic rings. The van der Waals surface area contributed by atoms with Gasteiger partial charge in [0.1, 0.15) is 5.76 Å². The molecule has 1 aromatic heterocycles. The van der Waals surface area contributed by atoms with E-state index >= 15 is 0 Å². The lowest BCUT2D eigenvalue weighted by Gasteiger charge is -2.51. The summed E-state index contributed by atoms with van der Waals surface area (Å²) >= 11 is 0. The van der Waals surface area contributed by atoms with Crippen LogP contribution in [0.4, 0.5) is 0 Å². The average molecular weight is 436 g/mol. The summed E-state index contributed by atoms with van der Waals surface area (Å²) in [6.07, 6.45) is 1.20. The minimum Gasteiger partial charge on any atom is -0.454 e. The monoisotopic (exact) mass is 436 g/mol. The van der Waals surface area contributed by atoms with Crippen molar-refractivity contribution in [2.45, 2.75) is 39.0 Å². The quantitative estimate of drug-likeness (QED) is 0.369. The number of aliphatic imine (C=N–C) groups is 1. The Labute approximate surface area is 153 Å². The smallest absolute Gasteiger partial charge is 0.284 e. The Bertz CT molecular complexity index is 571. The number of ether oxygens (including phenoxy) is 1. The number of carbonyl (C=O) groups is 1. The molecule has 7 nitrogen and oxygen atoms in total. The lowest BCUT2D eigenvalue weighted by atomic mass is 9.64. The van der Waals surface area contributed by atoms with Gasteiger partial charge in [0.15, 0.2) is 11.7 Å². The van der Waals surface area contributed by atoms with Crippen molar-refractivity contribution in [1.29, 1.82) is 0 Å². The molecule has 0 spiro atoms. The number of furan rings is 1. The number of methoxy groups -OCH3 is 1. The molecular weight excluding hydrogens is 411 g/mol. The van der Waals surface area contributed by atoms with Gasteiger partial charge >= 0.3 is 0 Å². The Hall–Kier alpha value is -1.29. The highest BCUT2D eigenvalue weighted by Gasteiger charge is 2.48. The van der Waals surface area contributed by atoms with Crippen LogP contribution in [0.15, 0.2) is 21.5 Å². The summed E-state index contributed by atoms with van der Waals surface area (Å²) in [4.78, 5) is 15.2. The van der Waals surface area contributed by atoms with Crippen molar-refractivity contribution in [3.05, 3.63) is 23.7 Å². The van der Waals surface area contributed by atoms with Crippen LogP contribution in [-0.2, 0) is 11.3 Å². The van der Waals surface area contributed by atoms with Gasteiger partial charge in [-0.2, -0.15) is 0 Å². The minimum atomic E-state index is -0.574. The third-order valence-corrected chi connectivity index (χ3v) is 4.33. The summed E-state index contributed by atoms with van der Waals surface area (Å²) in [6.45, 7) is 4.76. The summed E-state index contributed by atoms with van der Waals surface area (Å²) in [5.41, 5.74) is 5.21. The van der Waals surface area contributed by atoms with Gasteiger partial charge in [-0.15, -0.1) is 24.0 Å². The second kappa shape index (κ2) is 8.00. The fourth-order valence-electron chi connectivity index (χ4n) is 2.67. The maximum absolute atomic E-state index is 11.0. The van der Waals surface area contributed by atoms with Gasteiger partial charge in [-0.05, 0) is 18.6 Å². The van der Waals surface area contributed by atoms with E-state index in [9.17, 15) is 4.79 Å². The highest BCUT2D eigenvalue weighted by molar-refractivity contribution is 14.0. The molecule has 1 saturated carbocycles. The topological polar surface area (TPSA) is 102 Å². The fraction of sp³-hybridized carbons (Fsp3) is 0.600. The normalized spacial score (nSPS) is 22.7. The zero-order valence-corrected chi connectivity index (χ0v) is 16.2. The van der Waals surface area contributed by atoms with Gasteiger partial charge in [0.05, 0.1) is 12.6 Å². The number of nitrogens with one attached hydrogen (secondary N) is 2. The number of rotatable bonds is 5. The number of primary amides is 1. The number of halogens is 1. The lowest BCUT2D eigenvalue weighted by molar-refractivity contribution is -0.0922. The van der Waals surface area contributed by atoms with E-state index in [4.69, 9.17) is 14.9 Å². The van der Waals surface area contributed by atoms with Crippen molar-refractivity contribution in [2.75, 3.05) is 14.2 Å². The Morgan fingerprint density at radius 3 is 2.70 bits per heavy atom. The van der Waals surface area contributed by atoms with E-state index < -0.39 is 5.91 Å². The third-order valence-electron chi connectivity index (χ3n) is 4.33. The van der Waals surface area contributed by atoms with Crippen LogP contribution in [0.1, 0.15) is 36.6 Å². The van der Waals surface area contributed by atoms with Crippen LogP contribution in [-0.4, -0.2) is 38.2 Å². The first-order chi connectivity index (χ1) is 10.4. The first kappa shape index (κ1) is 19.8. The number of guanidine groups is 1. The molecule has 2 rings (SSSR count). The van der Waals surface area contributed by atoms with Gasteiger partial charge in [-0.25, -0.2) is 0 Å². The zero-order valence-electron chi connectivity index (χ0n) is 13.9. The van der Waals surface area contributed by atoms with Crippen LogP contribution >= 0.6 is 24.0 Å². The predicted octanol–water partition coefficient (Wildman–Crippen LogP) is 1.47. The third kappa shape index (κ3) is 4.37. The van der Waals surface area contributed by atoms with Gasteiger partial charge in [0, 0.05) is 25.6 Å². The van der Waals surface area contributed by atoms with Crippen LogP contribution in [0.2, 0.25) is 0 Å². The van der Waals surface area contributed by atoms with Crippen molar-refractivity contribution < 1.29 is 13.9 Å². The molecule has 2 unspecified atom stereocenters. The molecule has 0 bridgehead atoms. The molecule has 1 fully saturated rings. The molecule has 1 heterocycles. The van der Waals surface area contributed by atoms with E-state index in [1.54, 1.807) is 26.3 Å². The van der Waals surface area contributed by atoms with E-state index in [-0.39, 0.29) is 41.3 Å². The molecule has 0 saturated heterocycles. The predicted molar refractivity (Wildman–Crippen MR) is 99.0 cm³/mol. The minimum absolute atomic E-state index is 0. The summed E-state index contributed by atoms with van der Waals surface area (Å²) in [5.74, 6) is 0.891. The molecular formula is C15H25IN4O3. The van der Waals surface area contributed by atoms with E-state index in [2.05, 4.69) is 29.5 Å². The van der Waals surface area contributed by atoms with E-state index in [0.717, 1.165) is 6.42 Å². The van der Waals surface area contributed by atoms with Gasteiger partial charge < -0.3 is 25.5 Å². The summed E-state index contributed by atoms with van der Waals surface area (Å²) in [7, 11) is 3.45. The lowest BCUT2D eigenvalue weighted by Crippen LogP contribution is -2.63. The van der Waals surface area contributed by atoms with E-state index in [1.165, 1.54) is 0 Å². The highest BCUT2D eigenvalue weighted by Crippen LogP contribution is 2.42. The van der Waals surface area contributed by atoms with Gasteiger partial charge in [0.2, 0.25) is 0 Å². The Kier molecular flexibility index (Phi) is 6.87. The molecule has 0 aliphatic heterocycles. The Morgan fingerprint density at radius 2 is 2.22 bits per heavy atom. The largest absolute Gasteiger partial charge is 0.454 e. The first-order valence-electron chi connectivity index (χ1n) is 7.27. The summed E-state index contributed by atoms with van der Waals surface area (Å²) in [5, 5.41) is 6.54. The van der Waals surface area contributed by atoms with Crippen molar-refractivity contribution >= 4 is 35.8 Å². The first-order valence-corrected chi connectivity index (χ1v) is 7.27. The van der Waals surface area contributed by atoms with Gasteiger partial charge in [-0.3, -0.25) is 9.79 Å². The van der Waals surface area contributed by atoms with E-state index in [1.807, 2.05) is 0 Å². The SMILES string of the molecule is CN=C(NCc1ccc(C(N)=O)o1)NC1CC(OC)C1(C)C.I. The number of amides is 1. The van der Waals surface area contributed by atoms with Crippen LogP contribution in [0.3, 0.4) is 0 Å². The van der Waals surface area contributed by atoms with Crippen LogP contribution in [0.5, 0.6) is 0 Å². The molecule has 1 aromatic rings. The number of nitrogens with zero attached hydrogens (tertiary/aromatic N) is 1. The van der Waals surface area contributed by atoms with Crippen molar-refractivity contribution in [3.63, 3.8) is 0 Å². The fourth-order valence-corrected chi connectivity index (χ4v) is 2.67. The average Bonchev–Trinajstić information content (AvgIpc) is 2.95. The second-order valence-electron chi connectivity index (χ2n) is 6.03. The van der Waals surface area contributed by atoms with Crippen LogP contribution in [0.25, 0.3) is 0 Å².